The van der Waals surface area contributed by atoms with Crippen molar-refractivity contribution >= 4 is 0 Å². The maximum Gasteiger partial charge on any atom is 0.103 e. The van der Waals surface area contributed by atoms with E-state index in [0.717, 1.165) is 25.1 Å². The van der Waals surface area contributed by atoms with Crippen LogP contribution in [0.4, 0.5) is 0 Å². The van der Waals surface area contributed by atoms with Crippen molar-refractivity contribution in [3.63, 3.8) is 0 Å². The lowest BCUT2D eigenvalue weighted by Gasteiger charge is -2.48. The van der Waals surface area contributed by atoms with Crippen molar-refractivity contribution < 1.29 is 5.11 Å². The Bertz CT molecular complexity index is 395. The van der Waals surface area contributed by atoms with Gasteiger partial charge >= 0.3 is 0 Å². The lowest BCUT2D eigenvalue weighted by Crippen LogP contribution is -2.55. The van der Waals surface area contributed by atoms with Crippen molar-refractivity contribution in [2.24, 2.45) is 5.92 Å². The molecule has 0 radical (unpaired) electrons. The molecular weight excluding hydrogens is 222 g/mol. The lowest BCUT2D eigenvalue weighted by atomic mass is 9.79. The molecule has 2 rings (SSSR count). The largest absolute Gasteiger partial charge is 0.384 e. The first-order valence-electron chi connectivity index (χ1n) is 6.84. The smallest absolute Gasteiger partial charge is 0.103 e. The van der Waals surface area contributed by atoms with Gasteiger partial charge in [0, 0.05) is 18.6 Å². The molecule has 1 fully saturated rings. The molecule has 18 heavy (non-hydrogen) atoms. The predicted octanol–water partition coefficient (Wildman–Crippen LogP) is 3.01. The highest BCUT2D eigenvalue weighted by Gasteiger charge is 2.41. The van der Waals surface area contributed by atoms with Gasteiger partial charge in [0.25, 0.3) is 0 Å². The van der Waals surface area contributed by atoms with Gasteiger partial charge in [0.1, 0.15) is 5.60 Å². The Hall–Kier alpha value is -0.860. The van der Waals surface area contributed by atoms with Crippen LogP contribution in [-0.4, -0.2) is 28.6 Å². The first-order valence-corrected chi connectivity index (χ1v) is 6.84. The first kappa shape index (κ1) is 13.6. The Kier molecular flexibility index (Phi) is 3.52. The van der Waals surface area contributed by atoms with E-state index >= 15 is 0 Å². The van der Waals surface area contributed by atoms with Gasteiger partial charge in [-0.1, -0.05) is 37.3 Å². The van der Waals surface area contributed by atoms with Gasteiger partial charge in [-0.25, -0.2) is 0 Å². The summed E-state index contributed by atoms with van der Waals surface area (Å²) in [5.74, 6) is 0.517. The topological polar surface area (TPSA) is 23.5 Å². The fraction of sp³-hybridized carbons (Fsp3) is 0.625. The molecule has 0 aromatic heterocycles. The van der Waals surface area contributed by atoms with E-state index in [0.29, 0.717) is 5.92 Å². The second-order valence-electron chi connectivity index (χ2n) is 6.76. The SMILES string of the molecule is C[C@H]1CN(C(C)(C)C)C[C@](O)(c2ccccc2)C1. The van der Waals surface area contributed by atoms with Crippen molar-refractivity contribution in [3.05, 3.63) is 35.9 Å². The van der Waals surface area contributed by atoms with Crippen LogP contribution in [0.1, 0.15) is 39.7 Å². The highest BCUT2D eigenvalue weighted by Crippen LogP contribution is 2.36. The van der Waals surface area contributed by atoms with Gasteiger partial charge in [0.2, 0.25) is 0 Å². The molecule has 0 spiro atoms. The second kappa shape index (κ2) is 4.67. The molecule has 1 aromatic carbocycles. The lowest BCUT2D eigenvalue weighted by molar-refractivity contribution is -0.0805. The third kappa shape index (κ3) is 2.76. The molecule has 0 saturated carbocycles. The van der Waals surface area contributed by atoms with Crippen LogP contribution in [0.3, 0.4) is 0 Å². The monoisotopic (exact) mass is 247 g/mol. The second-order valence-corrected chi connectivity index (χ2v) is 6.76. The third-order valence-electron chi connectivity index (χ3n) is 3.93. The minimum Gasteiger partial charge on any atom is -0.384 e. The number of hydrogen-bond acceptors (Lipinski definition) is 2. The number of benzene rings is 1. The van der Waals surface area contributed by atoms with Crippen molar-refractivity contribution in [1.82, 2.24) is 4.90 Å². The Balaban J connectivity index is 2.28. The number of likely N-dealkylation sites (tertiary alicyclic amines) is 1. The number of hydrogen-bond donors (Lipinski definition) is 1. The van der Waals surface area contributed by atoms with Crippen molar-refractivity contribution in [2.45, 2.75) is 45.3 Å². The molecule has 1 aliphatic heterocycles. The van der Waals surface area contributed by atoms with Crippen LogP contribution in [0.2, 0.25) is 0 Å². The molecule has 0 amide bonds. The molecule has 1 heterocycles. The van der Waals surface area contributed by atoms with Crippen molar-refractivity contribution in [2.75, 3.05) is 13.1 Å². The minimum atomic E-state index is -0.702. The van der Waals surface area contributed by atoms with E-state index < -0.39 is 5.60 Å². The Morgan fingerprint density at radius 2 is 1.83 bits per heavy atom. The van der Waals surface area contributed by atoms with Crippen LogP contribution >= 0.6 is 0 Å². The maximum absolute atomic E-state index is 11.0. The zero-order chi connectivity index (χ0) is 13.4. The van der Waals surface area contributed by atoms with Crippen LogP contribution in [-0.2, 0) is 5.60 Å². The van der Waals surface area contributed by atoms with E-state index in [1.165, 1.54) is 0 Å². The van der Waals surface area contributed by atoms with Crippen LogP contribution in [0.15, 0.2) is 30.3 Å². The molecule has 1 saturated heterocycles. The fourth-order valence-electron chi connectivity index (χ4n) is 2.93. The van der Waals surface area contributed by atoms with Crippen LogP contribution in [0, 0.1) is 5.92 Å². The maximum atomic E-state index is 11.0. The average Bonchev–Trinajstić information content (AvgIpc) is 2.28. The van der Waals surface area contributed by atoms with E-state index in [2.05, 4.69) is 32.6 Å². The summed E-state index contributed by atoms with van der Waals surface area (Å²) >= 11 is 0. The fourth-order valence-corrected chi connectivity index (χ4v) is 2.93. The van der Waals surface area contributed by atoms with Crippen LogP contribution in [0.5, 0.6) is 0 Å². The summed E-state index contributed by atoms with van der Waals surface area (Å²) in [5, 5.41) is 11.0. The summed E-state index contributed by atoms with van der Waals surface area (Å²) in [7, 11) is 0. The quantitative estimate of drug-likeness (QED) is 0.824. The average molecular weight is 247 g/mol. The molecule has 1 N–H and O–H groups in total. The van der Waals surface area contributed by atoms with E-state index in [1.807, 2.05) is 30.3 Å². The van der Waals surface area contributed by atoms with Gasteiger partial charge < -0.3 is 5.11 Å². The van der Waals surface area contributed by atoms with Gasteiger partial charge in [-0.15, -0.1) is 0 Å². The normalized spacial score (nSPS) is 30.4. The highest BCUT2D eigenvalue weighted by atomic mass is 16.3. The van der Waals surface area contributed by atoms with E-state index in [4.69, 9.17) is 0 Å². The van der Waals surface area contributed by atoms with Gasteiger partial charge in [0.15, 0.2) is 0 Å². The summed E-state index contributed by atoms with van der Waals surface area (Å²) in [6.07, 6.45) is 0.851. The van der Waals surface area contributed by atoms with Gasteiger partial charge in [-0.2, -0.15) is 0 Å². The summed E-state index contributed by atoms with van der Waals surface area (Å²) in [4.78, 5) is 2.40. The van der Waals surface area contributed by atoms with Crippen molar-refractivity contribution in [1.29, 1.82) is 0 Å². The Morgan fingerprint density at radius 1 is 1.22 bits per heavy atom. The number of nitrogens with zero attached hydrogens (tertiary/aromatic N) is 1. The van der Waals surface area contributed by atoms with E-state index in [9.17, 15) is 5.11 Å². The molecule has 100 valence electrons. The van der Waals surface area contributed by atoms with Gasteiger partial charge in [-0.05, 0) is 38.7 Å². The van der Waals surface area contributed by atoms with Crippen LogP contribution in [0.25, 0.3) is 0 Å². The Morgan fingerprint density at radius 3 is 2.39 bits per heavy atom. The van der Waals surface area contributed by atoms with E-state index in [-0.39, 0.29) is 5.54 Å². The molecular formula is C16H25NO. The van der Waals surface area contributed by atoms with Gasteiger partial charge in [0.05, 0.1) is 0 Å². The summed E-state index contributed by atoms with van der Waals surface area (Å²) in [6.45, 7) is 10.7. The molecule has 0 bridgehead atoms. The summed E-state index contributed by atoms with van der Waals surface area (Å²) < 4.78 is 0. The zero-order valence-electron chi connectivity index (χ0n) is 12.0. The predicted molar refractivity (Wildman–Crippen MR) is 75.4 cm³/mol. The van der Waals surface area contributed by atoms with E-state index in [1.54, 1.807) is 0 Å². The molecule has 0 unspecified atom stereocenters. The van der Waals surface area contributed by atoms with Crippen LogP contribution < -0.4 is 0 Å². The molecule has 2 atom stereocenters. The standard InChI is InChI=1S/C16H25NO/c1-13-10-16(18,14-8-6-5-7-9-14)12-17(11-13)15(2,3)4/h5-9,13,18H,10-12H2,1-4H3/t13-,16+/m1/s1. The third-order valence-corrected chi connectivity index (χ3v) is 3.93. The number of piperidine rings is 1. The zero-order valence-corrected chi connectivity index (χ0v) is 12.0. The number of rotatable bonds is 1. The number of aliphatic hydroxyl groups is 1. The molecule has 0 aliphatic carbocycles. The number of β-amino-alcohol motifs (C(OH)–C–C–N with tert-alkyl or cyclic N) is 1. The molecule has 2 nitrogen and oxygen atoms in total. The molecule has 1 aromatic rings. The highest BCUT2D eigenvalue weighted by molar-refractivity contribution is 5.24. The molecule has 1 aliphatic rings. The minimum absolute atomic E-state index is 0.109. The molecule has 2 heteroatoms. The first-order chi connectivity index (χ1) is 8.31. The van der Waals surface area contributed by atoms with Crippen molar-refractivity contribution in [3.8, 4) is 0 Å². The summed E-state index contributed by atoms with van der Waals surface area (Å²) in [6, 6.07) is 10.1. The summed E-state index contributed by atoms with van der Waals surface area (Å²) in [5.41, 5.74) is 0.453. The Labute approximate surface area is 111 Å². The van der Waals surface area contributed by atoms with Gasteiger partial charge in [-0.3, -0.25) is 4.90 Å².